The normalized spacial score (nSPS) is 13.4. The van der Waals surface area contributed by atoms with Crippen molar-refractivity contribution < 1.29 is 4.55 Å². The Bertz CT molecular complexity index is 850. The lowest BCUT2D eigenvalue weighted by molar-refractivity contribution is 0.587. The van der Waals surface area contributed by atoms with Crippen LogP contribution in [-0.4, -0.2) is 27.7 Å². The molecule has 0 aliphatic carbocycles. The lowest BCUT2D eigenvalue weighted by Crippen LogP contribution is -2.19. The van der Waals surface area contributed by atoms with E-state index in [4.69, 9.17) is 0 Å². The van der Waals surface area contributed by atoms with Crippen molar-refractivity contribution in [3.05, 3.63) is 66.6 Å². The van der Waals surface area contributed by atoms with Gasteiger partial charge < -0.3 is 14.4 Å². The molecule has 2 unspecified atom stereocenters. The van der Waals surface area contributed by atoms with Gasteiger partial charge in [0.15, 0.2) is 4.90 Å². The Kier molecular flexibility index (Phi) is 5.98. The standard InChI is InChI=1S/C20H24N4OS/c1-15(16-7-5-4-6-8-16)12-22-19-10-9-17(26(25)21-2)11-18(19)20-13-24(3)14-23-20/h4-11,13-15,21-22H,12H2,1-3H3. The second-order valence-electron chi connectivity index (χ2n) is 6.30. The number of aryl methyl sites for hydroxylation is 1. The average molecular weight is 369 g/mol. The van der Waals surface area contributed by atoms with Crippen molar-refractivity contribution in [2.24, 2.45) is 7.05 Å². The zero-order valence-corrected chi connectivity index (χ0v) is 16.1. The van der Waals surface area contributed by atoms with Gasteiger partial charge in [0.1, 0.15) is 0 Å². The van der Waals surface area contributed by atoms with Gasteiger partial charge in [0.05, 0.1) is 23.4 Å². The van der Waals surface area contributed by atoms with Gasteiger partial charge in [0, 0.05) is 44.2 Å². The number of hydrogen-bond donors (Lipinski definition) is 2. The molecule has 2 aromatic carbocycles. The quantitative estimate of drug-likeness (QED) is 0.626. The van der Waals surface area contributed by atoms with Crippen LogP contribution in [0.15, 0.2) is 66.0 Å². The molecule has 0 radical (unpaired) electrons. The van der Waals surface area contributed by atoms with Crippen LogP contribution in [0.25, 0.3) is 11.3 Å². The summed E-state index contributed by atoms with van der Waals surface area (Å²) in [5, 5.41) is 3.53. The van der Waals surface area contributed by atoms with Crippen LogP contribution in [0.3, 0.4) is 0 Å². The van der Waals surface area contributed by atoms with E-state index in [0.717, 1.165) is 28.4 Å². The molecule has 5 nitrogen and oxygen atoms in total. The van der Waals surface area contributed by atoms with Crippen LogP contribution in [0.2, 0.25) is 0 Å². The molecule has 0 spiro atoms. The van der Waals surface area contributed by atoms with Gasteiger partial charge in [-0.05, 0) is 23.6 Å². The molecule has 0 saturated carbocycles. The second-order valence-corrected chi connectivity index (χ2v) is 7.71. The van der Waals surface area contributed by atoms with Crippen LogP contribution >= 0.6 is 0 Å². The summed E-state index contributed by atoms with van der Waals surface area (Å²) in [6.45, 7) is 3.01. The molecule has 6 heteroatoms. The summed E-state index contributed by atoms with van der Waals surface area (Å²) in [7, 11) is 3.63. The number of nitrogens with zero attached hydrogens (tertiary/aromatic N) is 2. The van der Waals surface area contributed by atoms with Crippen LogP contribution in [-0.2, 0) is 18.4 Å². The maximum atomic E-state index is 12.1. The highest BCUT2D eigenvalue weighted by atomic mass is 32.2. The van der Waals surface area contributed by atoms with Gasteiger partial charge >= 0.3 is 0 Å². The van der Waals surface area contributed by atoms with Crippen molar-refractivity contribution in [3.8, 4) is 11.3 Å². The monoisotopic (exact) mass is 368 g/mol. The van der Waals surface area contributed by atoms with E-state index in [0.29, 0.717) is 5.92 Å². The number of rotatable bonds is 7. The zero-order chi connectivity index (χ0) is 18.5. The summed E-state index contributed by atoms with van der Waals surface area (Å²) in [5.74, 6) is 0.374. The summed E-state index contributed by atoms with van der Waals surface area (Å²) >= 11 is -1.23. The Morgan fingerprint density at radius 1 is 1.19 bits per heavy atom. The van der Waals surface area contributed by atoms with Crippen LogP contribution in [0.1, 0.15) is 18.4 Å². The SMILES string of the molecule is CN[S+]([O-])c1ccc(NCC(C)c2ccccc2)c(-c2cn(C)cn2)c1. The summed E-state index contributed by atoms with van der Waals surface area (Å²) in [6, 6.07) is 16.2. The highest BCUT2D eigenvalue weighted by Gasteiger charge is 2.16. The van der Waals surface area contributed by atoms with Crippen LogP contribution in [0, 0.1) is 0 Å². The van der Waals surface area contributed by atoms with Crippen LogP contribution < -0.4 is 10.0 Å². The fourth-order valence-electron chi connectivity index (χ4n) is 2.84. The molecule has 0 saturated heterocycles. The highest BCUT2D eigenvalue weighted by molar-refractivity contribution is 7.89. The molecule has 3 aromatic rings. The minimum Gasteiger partial charge on any atom is -0.593 e. The first-order chi connectivity index (χ1) is 12.6. The number of nitrogens with one attached hydrogen (secondary N) is 2. The molecule has 0 bridgehead atoms. The molecular weight excluding hydrogens is 344 g/mol. The Balaban J connectivity index is 1.86. The molecule has 0 amide bonds. The minimum absolute atomic E-state index is 0.374. The Morgan fingerprint density at radius 3 is 2.62 bits per heavy atom. The summed E-state index contributed by atoms with van der Waals surface area (Å²) < 4.78 is 16.8. The van der Waals surface area contributed by atoms with E-state index in [1.807, 2.05) is 42.1 Å². The first-order valence-corrected chi connectivity index (χ1v) is 9.74. The van der Waals surface area contributed by atoms with Crippen molar-refractivity contribution in [3.63, 3.8) is 0 Å². The van der Waals surface area contributed by atoms with E-state index >= 15 is 0 Å². The topological polar surface area (TPSA) is 64.9 Å². The second kappa shape index (κ2) is 8.40. The van der Waals surface area contributed by atoms with E-state index < -0.39 is 11.4 Å². The molecule has 1 heterocycles. The third-order valence-corrected chi connectivity index (χ3v) is 5.39. The van der Waals surface area contributed by atoms with E-state index in [2.05, 4.69) is 46.2 Å². The van der Waals surface area contributed by atoms with Crippen LogP contribution in [0.5, 0.6) is 0 Å². The Morgan fingerprint density at radius 2 is 1.96 bits per heavy atom. The molecule has 2 atom stereocenters. The Hall–Kier alpha value is -2.28. The molecule has 0 aliphatic rings. The van der Waals surface area contributed by atoms with Gasteiger partial charge in [-0.1, -0.05) is 37.3 Å². The third-order valence-electron chi connectivity index (χ3n) is 4.34. The summed E-state index contributed by atoms with van der Waals surface area (Å²) in [4.78, 5) is 5.19. The van der Waals surface area contributed by atoms with Gasteiger partial charge in [-0.3, -0.25) is 0 Å². The van der Waals surface area contributed by atoms with Crippen LogP contribution in [0.4, 0.5) is 5.69 Å². The number of aromatic nitrogens is 2. The predicted molar refractivity (Wildman–Crippen MR) is 107 cm³/mol. The maximum Gasteiger partial charge on any atom is 0.174 e. The smallest absolute Gasteiger partial charge is 0.174 e. The van der Waals surface area contributed by atoms with Crippen molar-refractivity contribution in [1.82, 2.24) is 14.3 Å². The molecule has 26 heavy (non-hydrogen) atoms. The van der Waals surface area contributed by atoms with Crippen molar-refractivity contribution in [1.29, 1.82) is 0 Å². The highest BCUT2D eigenvalue weighted by Crippen LogP contribution is 2.30. The fourth-order valence-corrected chi connectivity index (χ4v) is 3.49. The zero-order valence-electron chi connectivity index (χ0n) is 15.3. The number of imidazole rings is 1. The molecule has 136 valence electrons. The Labute approximate surface area is 157 Å². The lowest BCUT2D eigenvalue weighted by Gasteiger charge is -2.17. The first kappa shape index (κ1) is 18.5. The average Bonchev–Trinajstić information content (AvgIpc) is 3.12. The van der Waals surface area contributed by atoms with Gasteiger partial charge in [-0.25, -0.2) is 4.98 Å². The largest absolute Gasteiger partial charge is 0.593 e. The predicted octanol–water partition coefficient (Wildman–Crippen LogP) is 3.54. The van der Waals surface area contributed by atoms with E-state index in [1.165, 1.54) is 5.56 Å². The van der Waals surface area contributed by atoms with Crippen molar-refractivity contribution in [2.45, 2.75) is 17.7 Å². The molecule has 0 aliphatic heterocycles. The number of benzene rings is 2. The van der Waals surface area contributed by atoms with Gasteiger partial charge in [-0.2, -0.15) is 0 Å². The van der Waals surface area contributed by atoms with Gasteiger partial charge in [0.2, 0.25) is 0 Å². The van der Waals surface area contributed by atoms with E-state index in [-0.39, 0.29) is 0 Å². The number of hydrogen-bond acceptors (Lipinski definition) is 4. The minimum atomic E-state index is -1.23. The van der Waals surface area contributed by atoms with Crippen molar-refractivity contribution in [2.75, 3.05) is 18.9 Å². The fraction of sp³-hybridized carbons (Fsp3) is 0.250. The van der Waals surface area contributed by atoms with Gasteiger partial charge in [0.25, 0.3) is 0 Å². The summed E-state index contributed by atoms with van der Waals surface area (Å²) in [6.07, 6.45) is 3.74. The maximum absolute atomic E-state index is 12.1. The molecule has 1 aromatic heterocycles. The van der Waals surface area contributed by atoms with E-state index in [9.17, 15) is 4.55 Å². The third kappa shape index (κ3) is 4.27. The summed E-state index contributed by atoms with van der Waals surface area (Å²) in [5.41, 5.74) is 4.10. The number of anilines is 1. The first-order valence-electron chi connectivity index (χ1n) is 8.59. The molecule has 3 rings (SSSR count). The van der Waals surface area contributed by atoms with Crippen molar-refractivity contribution >= 4 is 17.0 Å². The molecular formula is C20H24N4OS. The molecule has 0 fully saturated rings. The van der Waals surface area contributed by atoms with Gasteiger partial charge in [-0.15, -0.1) is 4.72 Å². The molecule has 2 N–H and O–H groups in total. The lowest BCUT2D eigenvalue weighted by atomic mass is 10.0. The van der Waals surface area contributed by atoms with E-state index in [1.54, 1.807) is 13.4 Å².